The van der Waals surface area contributed by atoms with Crippen LogP contribution < -0.4 is 9.80 Å². The Balaban J connectivity index is 1.52. The fraction of sp³-hybridized carbons (Fsp3) is 0.400. The zero-order valence-electron chi connectivity index (χ0n) is 18.2. The summed E-state index contributed by atoms with van der Waals surface area (Å²) in [5, 5.41) is 0.170. The van der Waals surface area contributed by atoms with Gasteiger partial charge in [0, 0.05) is 49.6 Å². The number of carbonyl (C=O) groups excluding carboxylic acids is 1. The summed E-state index contributed by atoms with van der Waals surface area (Å²) in [6.45, 7) is 8.66. The Labute approximate surface area is 183 Å². The average molecular weight is 423 g/mol. The number of fused-ring (bicyclic) bond motifs is 3. The SMILES string of the molecule is CC(=O)SCCN(C)c1ccc(/C=C/C23OCCN2c2ccccc2C3(C)C)cc1. The maximum atomic E-state index is 11.1. The molecule has 1 atom stereocenters. The summed E-state index contributed by atoms with van der Waals surface area (Å²) in [6, 6.07) is 17.2. The molecule has 4 rings (SSSR count). The van der Waals surface area contributed by atoms with Crippen LogP contribution in [0, 0.1) is 0 Å². The molecule has 158 valence electrons. The molecule has 0 N–H and O–H groups in total. The van der Waals surface area contributed by atoms with Crippen molar-refractivity contribution < 1.29 is 9.53 Å². The first-order valence-corrected chi connectivity index (χ1v) is 11.5. The lowest BCUT2D eigenvalue weighted by Crippen LogP contribution is -2.51. The van der Waals surface area contributed by atoms with Crippen molar-refractivity contribution >= 4 is 34.3 Å². The van der Waals surface area contributed by atoms with Crippen LogP contribution in [0.3, 0.4) is 0 Å². The van der Waals surface area contributed by atoms with E-state index in [9.17, 15) is 4.79 Å². The first kappa shape index (κ1) is 21.0. The van der Waals surface area contributed by atoms with E-state index in [0.717, 1.165) is 36.7 Å². The quantitative estimate of drug-likeness (QED) is 0.658. The highest BCUT2D eigenvalue weighted by molar-refractivity contribution is 8.13. The molecule has 0 spiro atoms. The number of nitrogens with zero attached hydrogens (tertiary/aromatic N) is 2. The molecule has 2 heterocycles. The van der Waals surface area contributed by atoms with E-state index in [1.165, 1.54) is 23.0 Å². The zero-order chi connectivity index (χ0) is 21.4. The zero-order valence-corrected chi connectivity index (χ0v) is 19.0. The van der Waals surface area contributed by atoms with Gasteiger partial charge in [-0.2, -0.15) is 0 Å². The summed E-state index contributed by atoms with van der Waals surface area (Å²) in [7, 11) is 2.06. The van der Waals surface area contributed by atoms with Crippen LogP contribution in [0.4, 0.5) is 11.4 Å². The van der Waals surface area contributed by atoms with Crippen LogP contribution in [0.1, 0.15) is 31.9 Å². The van der Waals surface area contributed by atoms with Gasteiger partial charge in [-0.25, -0.2) is 0 Å². The maximum Gasteiger partial charge on any atom is 0.185 e. The van der Waals surface area contributed by atoms with Crippen molar-refractivity contribution in [3.05, 3.63) is 65.7 Å². The van der Waals surface area contributed by atoms with Gasteiger partial charge in [-0.1, -0.05) is 62.0 Å². The monoisotopic (exact) mass is 422 g/mol. The molecule has 2 aliphatic heterocycles. The number of ether oxygens (including phenoxy) is 1. The second-order valence-corrected chi connectivity index (χ2v) is 9.80. The summed E-state index contributed by atoms with van der Waals surface area (Å²) in [4.78, 5) is 15.7. The molecule has 2 aromatic carbocycles. The van der Waals surface area contributed by atoms with Crippen LogP contribution in [-0.2, 0) is 14.9 Å². The Morgan fingerprint density at radius 3 is 2.67 bits per heavy atom. The number of benzene rings is 2. The summed E-state index contributed by atoms with van der Waals surface area (Å²) < 4.78 is 6.41. The van der Waals surface area contributed by atoms with Gasteiger partial charge in [0.2, 0.25) is 0 Å². The first-order valence-electron chi connectivity index (χ1n) is 10.5. The van der Waals surface area contributed by atoms with Crippen molar-refractivity contribution in [2.75, 3.05) is 42.3 Å². The van der Waals surface area contributed by atoms with E-state index in [-0.39, 0.29) is 10.5 Å². The van der Waals surface area contributed by atoms with Crippen molar-refractivity contribution in [1.82, 2.24) is 0 Å². The Hall–Kier alpha value is -2.24. The Kier molecular flexibility index (Phi) is 5.69. The smallest absolute Gasteiger partial charge is 0.185 e. The standard InChI is InChI=1S/C25H30N2O2S/c1-19(28)30-18-16-26(4)21-11-9-20(10-12-21)13-14-25-24(2,3)22-7-5-6-8-23(22)27(25)15-17-29-25/h5-14H,15-18H2,1-4H3/b14-13+. The molecule has 0 aromatic heterocycles. The number of thioether (sulfide) groups is 1. The Morgan fingerprint density at radius 1 is 1.20 bits per heavy atom. The topological polar surface area (TPSA) is 32.8 Å². The lowest BCUT2D eigenvalue weighted by Gasteiger charge is -2.39. The molecule has 0 bridgehead atoms. The summed E-state index contributed by atoms with van der Waals surface area (Å²) in [5.74, 6) is 0.804. The predicted molar refractivity (Wildman–Crippen MR) is 127 cm³/mol. The van der Waals surface area contributed by atoms with E-state index in [4.69, 9.17) is 4.74 Å². The van der Waals surface area contributed by atoms with Gasteiger partial charge in [-0.3, -0.25) is 4.79 Å². The average Bonchev–Trinajstić information content (AvgIpc) is 3.24. The van der Waals surface area contributed by atoms with Gasteiger partial charge >= 0.3 is 0 Å². The van der Waals surface area contributed by atoms with Crippen LogP contribution in [0.15, 0.2) is 54.6 Å². The minimum Gasteiger partial charge on any atom is -0.374 e. The van der Waals surface area contributed by atoms with Crippen molar-refractivity contribution in [3.8, 4) is 0 Å². The van der Waals surface area contributed by atoms with Crippen molar-refractivity contribution in [1.29, 1.82) is 0 Å². The highest BCUT2D eigenvalue weighted by atomic mass is 32.2. The Morgan fingerprint density at radius 2 is 1.93 bits per heavy atom. The van der Waals surface area contributed by atoms with Gasteiger partial charge in [0.05, 0.1) is 6.61 Å². The largest absolute Gasteiger partial charge is 0.374 e. The van der Waals surface area contributed by atoms with Gasteiger partial charge in [0.1, 0.15) is 0 Å². The van der Waals surface area contributed by atoms with E-state index in [0.29, 0.717) is 0 Å². The number of para-hydroxylation sites is 1. The molecule has 5 heteroatoms. The number of rotatable bonds is 6. The van der Waals surface area contributed by atoms with Crippen molar-refractivity contribution in [3.63, 3.8) is 0 Å². The van der Waals surface area contributed by atoms with Crippen molar-refractivity contribution in [2.45, 2.75) is 31.9 Å². The summed E-state index contributed by atoms with van der Waals surface area (Å²) in [5.41, 5.74) is 4.35. The molecule has 1 fully saturated rings. The fourth-order valence-electron chi connectivity index (χ4n) is 4.64. The summed E-state index contributed by atoms with van der Waals surface area (Å²) >= 11 is 1.37. The second kappa shape index (κ2) is 8.12. The molecule has 4 nitrogen and oxygen atoms in total. The first-order chi connectivity index (χ1) is 14.3. The number of hydrogen-bond donors (Lipinski definition) is 0. The van der Waals surface area contributed by atoms with Crippen LogP contribution in [0.25, 0.3) is 6.08 Å². The van der Waals surface area contributed by atoms with E-state index in [1.54, 1.807) is 6.92 Å². The van der Waals surface area contributed by atoms with Gasteiger partial charge < -0.3 is 14.5 Å². The number of carbonyl (C=O) groups is 1. The van der Waals surface area contributed by atoms with E-state index < -0.39 is 5.72 Å². The van der Waals surface area contributed by atoms with Crippen LogP contribution in [0.2, 0.25) is 0 Å². The van der Waals surface area contributed by atoms with Gasteiger partial charge in [0.25, 0.3) is 0 Å². The lowest BCUT2D eigenvalue weighted by atomic mass is 9.77. The number of anilines is 2. The van der Waals surface area contributed by atoms with Crippen LogP contribution in [-0.4, -0.2) is 43.3 Å². The molecule has 30 heavy (non-hydrogen) atoms. The molecule has 1 unspecified atom stereocenters. The van der Waals surface area contributed by atoms with Gasteiger partial charge in [-0.15, -0.1) is 0 Å². The lowest BCUT2D eigenvalue weighted by molar-refractivity contribution is -0.109. The van der Waals surface area contributed by atoms with E-state index in [2.05, 4.69) is 91.4 Å². The van der Waals surface area contributed by atoms with E-state index in [1.807, 2.05) is 0 Å². The normalized spacial score (nSPS) is 21.7. The fourth-order valence-corrected chi connectivity index (χ4v) is 5.29. The maximum absolute atomic E-state index is 11.1. The molecular weight excluding hydrogens is 392 g/mol. The van der Waals surface area contributed by atoms with Gasteiger partial charge in [0.15, 0.2) is 10.8 Å². The molecule has 0 radical (unpaired) electrons. The van der Waals surface area contributed by atoms with Gasteiger partial charge in [-0.05, 0) is 35.4 Å². The highest BCUT2D eigenvalue weighted by Gasteiger charge is 2.58. The third kappa shape index (κ3) is 3.54. The third-order valence-electron chi connectivity index (χ3n) is 6.37. The minimum atomic E-state index is -0.448. The molecule has 2 aromatic rings. The molecule has 0 saturated carbocycles. The van der Waals surface area contributed by atoms with Crippen molar-refractivity contribution in [2.24, 2.45) is 0 Å². The molecule has 1 saturated heterocycles. The van der Waals surface area contributed by atoms with Crippen LogP contribution in [0.5, 0.6) is 0 Å². The molecule has 2 aliphatic rings. The molecular formula is C25H30N2O2S. The Bertz CT molecular complexity index is 954. The minimum absolute atomic E-state index is 0.134. The number of hydrogen-bond acceptors (Lipinski definition) is 5. The van der Waals surface area contributed by atoms with E-state index >= 15 is 0 Å². The third-order valence-corrected chi connectivity index (χ3v) is 7.16. The highest BCUT2D eigenvalue weighted by Crippen LogP contribution is 2.54. The molecule has 0 aliphatic carbocycles. The summed E-state index contributed by atoms with van der Waals surface area (Å²) in [6.07, 6.45) is 4.42. The van der Waals surface area contributed by atoms with Crippen LogP contribution >= 0.6 is 11.8 Å². The predicted octanol–water partition coefficient (Wildman–Crippen LogP) is 4.94. The molecule has 0 amide bonds. The second-order valence-electron chi connectivity index (χ2n) is 8.53.